The second kappa shape index (κ2) is 9.99. The molecule has 1 aromatic rings. The van der Waals surface area contributed by atoms with E-state index in [1.807, 2.05) is 24.3 Å². The molecule has 1 aliphatic heterocycles. The summed E-state index contributed by atoms with van der Waals surface area (Å²) in [6.07, 6.45) is 0.652. The number of nitrogens with zero attached hydrogens (tertiary/aromatic N) is 1. The largest absolute Gasteiger partial charge is 0.497 e. The van der Waals surface area contributed by atoms with Crippen molar-refractivity contribution in [3.63, 3.8) is 0 Å². The number of rotatable bonds is 9. The number of thioether (sulfide) groups is 1. The molecule has 7 heteroatoms. The summed E-state index contributed by atoms with van der Waals surface area (Å²) in [7, 11) is 5.74. The summed E-state index contributed by atoms with van der Waals surface area (Å²) in [5, 5.41) is 2.88. The minimum Gasteiger partial charge on any atom is -0.497 e. The fourth-order valence-corrected chi connectivity index (χ4v) is 4.37. The molecule has 6 nitrogen and oxygen atoms in total. The van der Waals surface area contributed by atoms with Gasteiger partial charge in [0.25, 0.3) is 0 Å². The molecular formula is C20H32N3O3S+. The van der Waals surface area contributed by atoms with Crippen LogP contribution in [-0.2, 0) is 9.59 Å². The Morgan fingerprint density at radius 2 is 2.00 bits per heavy atom. The molecule has 0 radical (unpaired) electrons. The molecule has 0 saturated carbocycles. The maximum absolute atomic E-state index is 12.9. The maximum Gasteiger partial charge on any atom is 0.243 e. The van der Waals surface area contributed by atoms with Crippen LogP contribution >= 0.6 is 11.8 Å². The lowest BCUT2D eigenvalue weighted by Crippen LogP contribution is -3.06. The van der Waals surface area contributed by atoms with E-state index in [9.17, 15) is 9.59 Å². The fourth-order valence-electron chi connectivity index (χ4n) is 3.15. The number of benzene rings is 1. The molecule has 1 aromatic carbocycles. The summed E-state index contributed by atoms with van der Waals surface area (Å²) in [5.74, 6) is 1.47. The summed E-state index contributed by atoms with van der Waals surface area (Å²) in [6.45, 7) is 5.63. The molecular weight excluding hydrogens is 362 g/mol. The van der Waals surface area contributed by atoms with E-state index in [1.54, 1.807) is 23.8 Å². The van der Waals surface area contributed by atoms with Crippen molar-refractivity contribution in [1.82, 2.24) is 10.2 Å². The molecule has 2 rings (SSSR count). The molecule has 0 spiro atoms. The zero-order valence-corrected chi connectivity index (χ0v) is 17.8. The number of carbonyl (C=O) groups excluding carboxylic acids is 2. The van der Waals surface area contributed by atoms with Gasteiger partial charge in [0.15, 0.2) is 0 Å². The van der Waals surface area contributed by atoms with Crippen LogP contribution in [-0.4, -0.2) is 62.8 Å². The lowest BCUT2D eigenvalue weighted by Gasteiger charge is -2.33. The third-order valence-corrected chi connectivity index (χ3v) is 5.79. The van der Waals surface area contributed by atoms with E-state index in [0.29, 0.717) is 24.6 Å². The zero-order chi connectivity index (χ0) is 20.0. The fraction of sp³-hybridized carbons (Fsp3) is 0.600. The molecule has 2 atom stereocenters. The first-order chi connectivity index (χ1) is 12.8. The van der Waals surface area contributed by atoms with E-state index in [1.165, 1.54) is 4.90 Å². The van der Waals surface area contributed by atoms with Crippen molar-refractivity contribution in [3.8, 4) is 5.75 Å². The molecule has 2 amide bonds. The molecule has 27 heavy (non-hydrogen) atoms. The Morgan fingerprint density at radius 3 is 2.56 bits per heavy atom. The van der Waals surface area contributed by atoms with Crippen molar-refractivity contribution in [3.05, 3.63) is 29.8 Å². The molecule has 1 saturated heterocycles. The second-order valence-electron chi connectivity index (χ2n) is 7.63. The first-order valence-electron chi connectivity index (χ1n) is 9.47. The van der Waals surface area contributed by atoms with Crippen LogP contribution in [0.4, 0.5) is 0 Å². The Labute approximate surface area is 166 Å². The van der Waals surface area contributed by atoms with E-state index in [2.05, 4.69) is 33.3 Å². The van der Waals surface area contributed by atoms with Crippen LogP contribution in [0.5, 0.6) is 5.75 Å². The lowest BCUT2D eigenvalue weighted by molar-refractivity contribution is -0.856. The number of ether oxygens (including phenoxy) is 1. The van der Waals surface area contributed by atoms with Gasteiger partial charge in [0.2, 0.25) is 11.8 Å². The third kappa shape index (κ3) is 5.87. The van der Waals surface area contributed by atoms with Gasteiger partial charge in [-0.3, -0.25) is 9.59 Å². The molecule has 1 fully saturated rings. The standard InChI is InChI=1S/C20H31N3O3S/c1-14(2)12-17(19(25)21-10-11-22(3)4)23-18(24)13-27-20(23)15-6-8-16(26-5)9-7-15/h6-9,14,17,20H,10-13H2,1-5H3,(H,21,25)/p+1/t17-,20+/m1/s1. The van der Waals surface area contributed by atoms with Gasteiger partial charge in [-0.1, -0.05) is 26.0 Å². The van der Waals surface area contributed by atoms with E-state index >= 15 is 0 Å². The first kappa shape index (κ1) is 21.6. The number of nitrogens with one attached hydrogen (secondary N) is 2. The van der Waals surface area contributed by atoms with Crippen LogP contribution in [0.1, 0.15) is 31.2 Å². The number of hydrogen-bond donors (Lipinski definition) is 2. The quantitative estimate of drug-likeness (QED) is 0.655. The van der Waals surface area contributed by atoms with Gasteiger partial charge in [0.05, 0.1) is 40.0 Å². The van der Waals surface area contributed by atoms with Gasteiger partial charge in [-0.05, 0) is 30.0 Å². The highest BCUT2D eigenvalue weighted by molar-refractivity contribution is 8.00. The number of likely N-dealkylation sites (N-methyl/N-ethyl adjacent to an activating group) is 1. The van der Waals surface area contributed by atoms with Gasteiger partial charge in [-0.15, -0.1) is 11.8 Å². The van der Waals surface area contributed by atoms with Gasteiger partial charge < -0.3 is 19.9 Å². The monoisotopic (exact) mass is 394 g/mol. The molecule has 1 aliphatic rings. The van der Waals surface area contributed by atoms with Crippen molar-refractivity contribution in [2.24, 2.45) is 5.92 Å². The Bertz CT molecular complexity index is 634. The van der Waals surface area contributed by atoms with Crippen molar-refractivity contribution in [2.45, 2.75) is 31.7 Å². The Morgan fingerprint density at radius 1 is 1.33 bits per heavy atom. The minimum atomic E-state index is -0.447. The highest BCUT2D eigenvalue weighted by Crippen LogP contribution is 2.41. The van der Waals surface area contributed by atoms with Crippen LogP contribution in [0.25, 0.3) is 0 Å². The average molecular weight is 395 g/mol. The van der Waals surface area contributed by atoms with Crippen LogP contribution in [0.3, 0.4) is 0 Å². The van der Waals surface area contributed by atoms with Crippen molar-refractivity contribution < 1.29 is 19.2 Å². The Hall–Kier alpha value is -1.73. The number of amides is 2. The third-order valence-electron chi connectivity index (χ3n) is 4.56. The van der Waals surface area contributed by atoms with Gasteiger partial charge in [-0.25, -0.2) is 0 Å². The Balaban J connectivity index is 2.21. The summed E-state index contributed by atoms with van der Waals surface area (Å²) in [5.41, 5.74) is 1.02. The maximum atomic E-state index is 12.9. The molecule has 0 bridgehead atoms. The molecule has 1 heterocycles. The summed E-state index contributed by atoms with van der Waals surface area (Å²) in [6, 6.07) is 7.29. The number of carbonyl (C=O) groups is 2. The Kier molecular flexibility index (Phi) is 7.98. The van der Waals surface area contributed by atoms with E-state index in [-0.39, 0.29) is 17.2 Å². The molecule has 0 unspecified atom stereocenters. The van der Waals surface area contributed by atoms with Crippen molar-refractivity contribution >= 4 is 23.6 Å². The predicted molar refractivity (Wildman–Crippen MR) is 109 cm³/mol. The number of hydrogen-bond acceptors (Lipinski definition) is 4. The first-order valence-corrected chi connectivity index (χ1v) is 10.5. The van der Waals surface area contributed by atoms with E-state index < -0.39 is 6.04 Å². The number of methoxy groups -OCH3 is 1. The normalized spacial score (nSPS) is 18.3. The summed E-state index contributed by atoms with van der Waals surface area (Å²) in [4.78, 5) is 28.7. The van der Waals surface area contributed by atoms with Crippen LogP contribution in [0.15, 0.2) is 24.3 Å². The van der Waals surface area contributed by atoms with Crippen molar-refractivity contribution in [1.29, 1.82) is 0 Å². The van der Waals surface area contributed by atoms with E-state index in [4.69, 9.17) is 4.74 Å². The summed E-state index contributed by atoms with van der Waals surface area (Å²) < 4.78 is 5.23. The second-order valence-corrected chi connectivity index (χ2v) is 8.70. The van der Waals surface area contributed by atoms with Gasteiger partial charge in [0, 0.05) is 0 Å². The highest BCUT2D eigenvalue weighted by Gasteiger charge is 2.41. The predicted octanol–water partition coefficient (Wildman–Crippen LogP) is 0.945. The number of quaternary nitrogens is 1. The van der Waals surface area contributed by atoms with Gasteiger partial charge in [-0.2, -0.15) is 0 Å². The topological polar surface area (TPSA) is 63.1 Å². The summed E-state index contributed by atoms with van der Waals surface area (Å²) >= 11 is 1.58. The van der Waals surface area contributed by atoms with Crippen molar-refractivity contribution in [2.75, 3.05) is 40.0 Å². The van der Waals surface area contributed by atoms with Crippen LogP contribution in [0.2, 0.25) is 0 Å². The molecule has 2 N–H and O–H groups in total. The SMILES string of the molecule is COc1ccc([C@@H]2SCC(=O)N2[C@H](CC(C)C)C(=O)NCC[NH+](C)C)cc1. The smallest absolute Gasteiger partial charge is 0.243 e. The van der Waals surface area contributed by atoms with Crippen LogP contribution in [0, 0.1) is 5.92 Å². The average Bonchev–Trinajstić information content (AvgIpc) is 3.00. The van der Waals surface area contributed by atoms with Gasteiger partial charge in [0.1, 0.15) is 17.2 Å². The zero-order valence-electron chi connectivity index (χ0n) is 17.0. The molecule has 0 aliphatic carbocycles. The minimum absolute atomic E-state index is 0.0276. The highest BCUT2D eigenvalue weighted by atomic mass is 32.2. The molecule has 0 aromatic heterocycles. The van der Waals surface area contributed by atoms with Gasteiger partial charge >= 0.3 is 0 Å². The molecule has 150 valence electrons. The van der Waals surface area contributed by atoms with E-state index in [0.717, 1.165) is 17.9 Å². The lowest BCUT2D eigenvalue weighted by atomic mass is 10.0. The van der Waals surface area contributed by atoms with Crippen LogP contribution < -0.4 is 15.0 Å².